The van der Waals surface area contributed by atoms with Crippen LogP contribution in [0, 0.1) is 11.5 Å². The van der Waals surface area contributed by atoms with E-state index < -0.39 is 13.9 Å². The maximum Gasteiger partial charge on any atom is 1.00 e. The first kappa shape index (κ1) is 13.0. The van der Waals surface area contributed by atoms with Gasteiger partial charge in [0.15, 0.2) is 0 Å². The summed E-state index contributed by atoms with van der Waals surface area (Å²) in [5.74, 6) is -0.644. The monoisotopic (exact) mass is 172 g/mol. The topological polar surface area (TPSA) is 59.3 Å². The van der Waals surface area contributed by atoms with Crippen LogP contribution in [0.3, 0.4) is 0 Å². The molecule has 0 rings (SSSR count). The van der Waals surface area contributed by atoms with Gasteiger partial charge in [0.25, 0.3) is 6.26 Å². The minimum Gasteiger partial charge on any atom is -1.00 e. The van der Waals surface area contributed by atoms with Gasteiger partial charge in [-0.15, -0.1) is 4.52 Å². The summed E-state index contributed by atoms with van der Waals surface area (Å²) in [5.41, 5.74) is 0. The second kappa shape index (κ2) is 7.46. The van der Waals surface area contributed by atoms with E-state index in [-0.39, 0.29) is 31.0 Å². The van der Waals surface area contributed by atoms with Crippen molar-refractivity contribution in [2.75, 3.05) is 7.11 Å². The molecule has 0 aliphatic carbocycles. The van der Waals surface area contributed by atoms with Crippen LogP contribution < -0.4 is 29.6 Å². The molecule has 0 saturated carbocycles. The van der Waals surface area contributed by atoms with E-state index in [0.717, 1.165) is 0 Å². The summed E-state index contributed by atoms with van der Waals surface area (Å²) in [6, 6.07) is 0. The summed E-state index contributed by atoms with van der Waals surface area (Å²) in [5, 5.41) is 7.92. The Morgan fingerprint density at radius 3 is 2.60 bits per heavy atom. The Kier molecular flexibility index (Phi) is 9.68. The van der Waals surface area contributed by atoms with Crippen molar-refractivity contribution in [3.05, 3.63) is 0 Å². The zero-order chi connectivity index (χ0) is 7.28. The second-order valence-corrected chi connectivity index (χ2v) is 2.94. The zero-order valence-corrected chi connectivity index (χ0v) is 9.09. The van der Waals surface area contributed by atoms with Crippen LogP contribution in [0.2, 0.25) is 0 Å². The molecule has 10 heavy (non-hydrogen) atoms. The summed E-state index contributed by atoms with van der Waals surface area (Å²) in [4.78, 5) is 0. The molecule has 0 saturated heterocycles. The van der Waals surface area contributed by atoms with Gasteiger partial charge in [-0.1, -0.05) is 0 Å². The predicted molar refractivity (Wildman–Crippen MR) is 31.9 cm³/mol. The quantitative estimate of drug-likeness (QED) is 0.290. The van der Waals surface area contributed by atoms with Crippen LogP contribution in [0.5, 0.6) is 0 Å². The Hall–Kier alpha value is 0.350. The maximum absolute atomic E-state index is 10.6. The summed E-state index contributed by atoms with van der Waals surface area (Å²) in [7, 11) is -0.539. The molecule has 0 aromatic carbocycles. The number of hydrogen-bond acceptors (Lipinski definition) is 4. The largest absolute Gasteiger partial charge is 1.00 e. The van der Waals surface area contributed by atoms with E-state index in [1.165, 1.54) is 20.3 Å². The van der Waals surface area contributed by atoms with Gasteiger partial charge in [-0.05, 0) is 4.57 Å². The van der Waals surface area contributed by atoms with Crippen molar-refractivity contribution >= 4 is 8.03 Å². The van der Waals surface area contributed by atoms with Crippen molar-refractivity contribution in [3.8, 4) is 6.26 Å². The standard InChI is InChI=1S/C4H7NO3P.Na.H/c1-4(8-3-5)9(6)7-2;;/h4H,1-2H3;;/q2*+1;-1. The van der Waals surface area contributed by atoms with Crippen LogP contribution in [0.15, 0.2) is 0 Å². The van der Waals surface area contributed by atoms with E-state index >= 15 is 0 Å². The van der Waals surface area contributed by atoms with Gasteiger partial charge < -0.3 is 6.16 Å². The molecule has 52 valence electrons. The Bertz CT molecular complexity index is 151. The van der Waals surface area contributed by atoms with Crippen LogP contribution in [-0.4, -0.2) is 13.0 Å². The average Bonchev–Trinajstić information content (AvgIpc) is 1.87. The SMILES string of the molecule is CO[P+](=O)C(C)OC#N.[H-].[Na+]. The van der Waals surface area contributed by atoms with Crippen LogP contribution in [0.25, 0.3) is 0 Å². The number of ether oxygens (including phenoxy) is 1. The fourth-order valence-electron chi connectivity index (χ4n) is 0.268. The van der Waals surface area contributed by atoms with E-state index in [9.17, 15) is 4.57 Å². The molecule has 6 heteroatoms. The first-order valence-corrected chi connectivity index (χ1v) is 3.52. The van der Waals surface area contributed by atoms with Crippen LogP contribution in [0.1, 0.15) is 8.35 Å². The molecule has 0 fully saturated rings. The minimum atomic E-state index is -1.84. The Morgan fingerprint density at radius 2 is 2.30 bits per heavy atom. The van der Waals surface area contributed by atoms with Gasteiger partial charge in [0.1, 0.15) is 0 Å². The number of nitrogens with zero attached hydrogens (tertiary/aromatic N) is 1. The van der Waals surface area contributed by atoms with Gasteiger partial charge in [-0.3, -0.25) is 0 Å². The summed E-state index contributed by atoms with van der Waals surface area (Å²) < 4.78 is 19.2. The normalized spacial score (nSPS) is 12.3. The van der Waals surface area contributed by atoms with E-state index in [1.54, 1.807) is 0 Å². The molecular formula is C4H8NNaO3P+. The first-order valence-electron chi connectivity index (χ1n) is 2.27. The van der Waals surface area contributed by atoms with Crippen LogP contribution in [-0.2, 0) is 13.8 Å². The smallest absolute Gasteiger partial charge is 1.00 e. The van der Waals surface area contributed by atoms with Crippen molar-refractivity contribution in [1.82, 2.24) is 0 Å². The van der Waals surface area contributed by atoms with Crippen molar-refractivity contribution in [2.45, 2.75) is 12.8 Å². The van der Waals surface area contributed by atoms with Gasteiger partial charge in [-0.25, -0.2) is 0 Å². The molecule has 0 aliphatic rings. The molecule has 0 heterocycles. The van der Waals surface area contributed by atoms with Gasteiger partial charge in [0, 0.05) is 6.92 Å². The van der Waals surface area contributed by atoms with Gasteiger partial charge >= 0.3 is 43.4 Å². The zero-order valence-electron chi connectivity index (χ0n) is 7.20. The van der Waals surface area contributed by atoms with E-state index in [2.05, 4.69) is 9.26 Å². The molecule has 0 N–H and O–H groups in total. The molecule has 2 atom stereocenters. The van der Waals surface area contributed by atoms with Gasteiger partial charge in [-0.2, -0.15) is 5.26 Å². The third-order valence-electron chi connectivity index (χ3n) is 0.700. The first-order chi connectivity index (χ1) is 4.22. The molecule has 0 spiro atoms. The Morgan fingerprint density at radius 1 is 1.80 bits per heavy atom. The molecule has 0 radical (unpaired) electrons. The van der Waals surface area contributed by atoms with E-state index in [0.29, 0.717) is 0 Å². The van der Waals surface area contributed by atoms with Crippen LogP contribution in [0.4, 0.5) is 0 Å². The fraction of sp³-hybridized carbons (Fsp3) is 0.750. The summed E-state index contributed by atoms with van der Waals surface area (Å²) in [6.45, 7) is 1.51. The average molecular weight is 172 g/mol. The Balaban J connectivity index is -0.000000320. The third kappa shape index (κ3) is 5.16. The van der Waals surface area contributed by atoms with Gasteiger partial charge in [0.05, 0.1) is 7.11 Å². The van der Waals surface area contributed by atoms with E-state index in [1.807, 2.05) is 0 Å². The molecule has 0 bridgehead atoms. The molecule has 4 nitrogen and oxygen atoms in total. The van der Waals surface area contributed by atoms with Crippen molar-refractivity contribution in [1.29, 1.82) is 5.26 Å². The fourth-order valence-corrected chi connectivity index (χ4v) is 0.698. The number of rotatable bonds is 3. The predicted octanol–water partition coefficient (Wildman–Crippen LogP) is -1.66. The molecule has 0 aliphatic heterocycles. The Labute approximate surface area is 84.1 Å². The van der Waals surface area contributed by atoms with Crippen molar-refractivity contribution in [2.24, 2.45) is 0 Å². The summed E-state index contributed by atoms with van der Waals surface area (Å²) >= 11 is 0. The molecule has 0 aromatic heterocycles. The molecular weight excluding hydrogens is 164 g/mol. The van der Waals surface area contributed by atoms with Gasteiger partial charge in [0.2, 0.25) is 0 Å². The third-order valence-corrected chi connectivity index (χ3v) is 1.76. The minimum absolute atomic E-state index is 0. The number of hydrogen-bond donors (Lipinski definition) is 0. The molecule has 0 amide bonds. The molecule has 0 aromatic rings. The van der Waals surface area contributed by atoms with Crippen molar-refractivity contribution < 1.29 is 44.8 Å². The van der Waals surface area contributed by atoms with Crippen LogP contribution >= 0.6 is 8.03 Å². The second-order valence-electron chi connectivity index (χ2n) is 1.28. The maximum atomic E-state index is 10.6. The van der Waals surface area contributed by atoms with E-state index in [4.69, 9.17) is 5.26 Å². The number of nitriles is 1. The summed E-state index contributed by atoms with van der Waals surface area (Å²) in [6.07, 6.45) is 1.42. The molecule has 2 unspecified atom stereocenters. The van der Waals surface area contributed by atoms with Crippen molar-refractivity contribution in [3.63, 3.8) is 0 Å².